The van der Waals surface area contributed by atoms with E-state index >= 15 is 0 Å². The van der Waals surface area contributed by atoms with E-state index in [1.165, 1.54) is 30.3 Å². The molecule has 2 aliphatic heterocycles. The molecule has 0 unspecified atom stereocenters. The van der Waals surface area contributed by atoms with Crippen LogP contribution < -0.4 is 10.6 Å². The van der Waals surface area contributed by atoms with Crippen LogP contribution in [0.3, 0.4) is 0 Å². The molecule has 3 aromatic rings. The number of hydrogen-bond acceptors (Lipinski definition) is 3. The van der Waals surface area contributed by atoms with Gasteiger partial charge in [-0.1, -0.05) is 0 Å². The van der Waals surface area contributed by atoms with Gasteiger partial charge in [0.05, 0.1) is 0 Å². The van der Waals surface area contributed by atoms with Crippen molar-refractivity contribution in [3.8, 4) is 0 Å². The van der Waals surface area contributed by atoms with Crippen molar-refractivity contribution in [3.05, 3.63) is 90.0 Å². The van der Waals surface area contributed by atoms with Gasteiger partial charge in [0.2, 0.25) is 0 Å². The van der Waals surface area contributed by atoms with Gasteiger partial charge in [0.15, 0.2) is 0 Å². The van der Waals surface area contributed by atoms with Gasteiger partial charge in [0, 0.05) is 0 Å². The zero-order valence-electron chi connectivity index (χ0n) is 19.9. The van der Waals surface area contributed by atoms with Crippen LogP contribution in [0.1, 0.15) is 11.1 Å². The predicted molar refractivity (Wildman–Crippen MR) is 126 cm³/mol. The van der Waals surface area contributed by atoms with E-state index in [1.54, 1.807) is 0 Å². The van der Waals surface area contributed by atoms with E-state index in [1.807, 2.05) is 0 Å². The van der Waals surface area contributed by atoms with Gasteiger partial charge >= 0.3 is 227 Å². The molecule has 0 saturated heterocycles. The van der Waals surface area contributed by atoms with Crippen molar-refractivity contribution in [3.63, 3.8) is 0 Å². The Morgan fingerprint density at radius 1 is 0.512 bits per heavy atom. The first-order valence-corrected chi connectivity index (χ1v) is 14.6. The van der Waals surface area contributed by atoms with Crippen LogP contribution in [-0.2, 0) is 20.2 Å². The number of rotatable bonds is 3. The molecule has 0 N–H and O–H groups in total. The Labute approximate surface area is 227 Å². The van der Waals surface area contributed by atoms with Crippen LogP contribution in [0.25, 0.3) is 0 Å². The fourth-order valence-electron chi connectivity index (χ4n) is 5.39. The predicted octanol–water partition coefficient (Wildman–Crippen LogP) is 8.47. The zero-order chi connectivity index (χ0) is 30.4. The molecule has 41 heavy (non-hydrogen) atoms. The summed E-state index contributed by atoms with van der Waals surface area (Å²) in [6, 6.07) is 12.1. The summed E-state index contributed by atoms with van der Waals surface area (Å²) in [5.74, 6) is 0. The van der Waals surface area contributed by atoms with Gasteiger partial charge in [-0.05, 0) is 0 Å². The first-order chi connectivity index (χ1) is 18.8. The molecule has 0 aliphatic carbocycles. The standard InChI is InChI=1S/C25H15F12O2PS/c26-22(27,28)20(23(29,30)31)16-10-4-6-12-18(16)40(38-20,14-41-15-8-2-1-3-9-15)19-13-7-5-11-17(19)21(39-40,24(32,33)34)25(35,36)37/h1-13H,14H2. The number of benzene rings is 3. The Balaban J connectivity index is 1.98. The first-order valence-electron chi connectivity index (χ1n) is 11.4. The van der Waals surface area contributed by atoms with Gasteiger partial charge in [-0.15, -0.1) is 0 Å². The summed E-state index contributed by atoms with van der Waals surface area (Å²) in [6.45, 7) is 0. The molecule has 222 valence electrons. The van der Waals surface area contributed by atoms with E-state index in [9.17, 15) is 52.7 Å². The molecule has 3 aromatic carbocycles. The minimum atomic E-state index is -6.71. The Bertz CT molecular complexity index is 1360. The van der Waals surface area contributed by atoms with Crippen molar-refractivity contribution in [1.29, 1.82) is 0 Å². The first kappa shape index (κ1) is 30.0. The second kappa shape index (κ2) is 8.77. The second-order valence-electron chi connectivity index (χ2n) is 9.28. The Kier molecular flexibility index (Phi) is 6.42. The monoisotopic (exact) mass is 638 g/mol. The Morgan fingerprint density at radius 3 is 1.22 bits per heavy atom. The van der Waals surface area contributed by atoms with Gasteiger partial charge in [0.1, 0.15) is 0 Å². The number of fused-ring (bicyclic) bond motifs is 4. The Morgan fingerprint density at radius 2 is 0.854 bits per heavy atom. The molecule has 0 bridgehead atoms. The summed E-state index contributed by atoms with van der Waals surface area (Å²) in [5, 5.41) is -2.33. The zero-order valence-corrected chi connectivity index (χ0v) is 21.6. The van der Waals surface area contributed by atoms with Crippen molar-refractivity contribution < 1.29 is 61.7 Å². The molecule has 2 nitrogen and oxygen atoms in total. The number of thioether (sulfide) groups is 1. The van der Waals surface area contributed by atoms with Gasteiger partial charge < -0.3 is 0 Å². The third-order valence-electron chi connectivity index (χ3n) is 7.01. The van der Waals surface area contributed by atoms with E-state index in [0.717, 1.165) is 24.3 Å². The molecule has 2 heterocycles. The van der Waals surface area contributed by atoms with Crippen LogP contribution in [-0.4, -0.2) is 30.2 Å². The molecule has 0 aromatic heterocycles. The molecule has 5 rings (SSSR count). The quantitative estimate of drug-likeness (QED) is 0.163. The summed E-state index contributed by atoms with van der Waals surface area (Å²) in [4.78, 5) is 0.113. The molecule has 0 amide bonds. The van der Waals surface area contributed by atoms with E-state index in [-0.39, 0.29) is 4.90 Å². The minimum absolute atomic E-state index is 0.113. The Hall–Kier alpha value is -2.48. The number of hydrogen-bond donors (Lipinski definition) is 0. The molecular formula is C25H15F12O2PS. The normalized spacial score (nSPS) is 21.6. The van der Waals surface area contributed by atoms with E-state index < -0.39 is 70.2 Å². The average Bonchev–Trinajstić information content (AvgIpc) is 3.32. The van der Waals surface area contributed by atoms with Gasteiger partial charge in [-0.2, -0.15) is 0 Å². The maximum atomic E-state index is 14.7. The van der Waals surface area contributed by atoms with Crippen LogP contribution in [0, 0.1) is 0 Å². The maximum absolute atomic E-state index is 14.7. The van der Waals surface area contributed by atoms with Crippen molar-refractivity contribution in [2.24, 2.45) is 0 Å². The van der Waals surface area contributed by atoms with Crippen LogP contribution in [0.15, 0.2) is 83.8 Å². The summed E-state index contributed by atoms with van der Waals surface area (Å²) in [7, 11) is -6.71. The summed E-state index contributed by atoms with van der Waals surface area (Å²) >= 11 is 0.414. The van der Waals surface area contributed by atoms with E-state index in [4.69, 9.17) is 9.05 Å². The third-order valence-corrected chi connectivity index (χ3v) is 14.1. The van der Waals surface area contributed by atoms with Crippen molar-refractivity contribution in [2.75, 3.05) is 5.49 Å². The second-order valence-corrected chi connectivity index (χ2v) is 14.7. The van der Waals surface area contributed by atoms with Crippen LogP contribution >= 0.6 is 18.8 Å². The molecule has 0 fully saturated rings. The SMILES string of the molecule is FC(F)(F)C1(C(F)(F)F)OP2(CSc3ccccc3)(OC(C(F)(F)F)(C(F)(F)F)c3ccccc32)c2ccccc21. The van der Waals surface area contributed by atoms with Gasteiger partial charge in [0.25, 0.3) is 0 Å². The van der Waals surface area contributed by atoms with E-state index in [0.29, 0.717) is 36.0 Å². The number of alkyl halides is 12. The molecule has 0 atom stereocenters. The number of halogens is 12. The third kappa shape index (κ3) is 3.74. The topological polar surface area (TPSA) is 18.5 Å². The molecule has 0 saturated carbocycles. The fraction of sp³-hybridized carbons (Fsp3) is 0.280. The van der Waals surface area contributed by atoms with Crippen LogP contribution in [0.2, 0.25) is 0 Å². The average molecular weight is 638 g/mol. The molecule has 2 aliphatic rings. The van der Waals surface area contributed by atoms with Crippen molar-refractivity contribution in [1.82, 2.24) is 0 Å². The summed E-state index contributed by atoms with van der Waals surface area (Å²) < 4.78 is 186. The summed E-state index contributed by atoms with van der Waals surface area (Å²) in [6.07, 6.45) is -25.6. The fourth-order valence-corrected chi connectivity index (χ4v) is 13.5. The van der Waals surface area contributed by atoms with E-state index in [2.05, 4.69) is 0 Å². The van der Waals surface area contributed by atoms with Crippen LogP contribution in [0.5, 0.6) is 0 Å². The molecule has 0 radical (unpaired) electrons. The van der Waals surface area contributed by atoms with Crippen molar-refractivity contribution in [2.45, 2.75) is 40.8 Å². The molecule has 1 spiro atoms. The van der Waals surface area contributed by atoms with Crippen molar-refractivity contribution >= 4 is 29.4 Å². The van der Waals surface area contributed by atoms with Crippen LogP contribution in [0.4, 0.5) is 52.7 Å². The molecule has 16 heteroatoms. The van der Waals surface area contributed by atoms with Gasteiger partial charge in [-0.3, -0.25) is 0 Å². The van der Waals surface area contributed by atoms with Gasteiger partial charge in [-0.25, -0.2) is 0 Å². The summed E-state index contributed by atoms with van der Waals surface area (Å²) in [5.41, 5.74) is -15.3. The molecular weight excluding hydrogens is 623 g/mol.